The van der Waals surface area contributed by atoms with Crippen LogP contribution in [-0.2, 0) is 16.1 Å². The van der Waals surface area contributed by atoms with Gasteiger partial charge in [-0.05, 0) is 40.7 Å². The first kappa shape index (κ1) is 19.7. The number of imide groups is 1. The highest BCUT2D eigenvalue weighted by Crippen LogP contribution is 2.58. The Morgan fingerprint density at radius 3 is 2.03 bits per heavy atom. The molecule has 1 N–H and O–H groups in total. The van der Waals surface area contributed by atoms with Gasteiger partial charge in [-0.15, -0.1) is 0 Å². The lowest BCUT2D eigenvalue weighted by Gasteiger charge is -2.51. The summed E-state index contributed by atoms with van der Waals surface area (Å²) in [5.74, 6) is 1.12. The molecule has 2 bridgehead atoms. The standard InChI is InChI=1S/C27H29N3O2/c1-29(2)23-8-4-6-17-16(5-3-7-20(17)23)15-28-13-14-30-26(31)24-21-11-12-22(25(24)27(30)32)19-10-9-18(19)21/h3-12,18-19,21-22,24-25,28H,13-15H2,1-2H3. The summed E-state index contributed by atoms with van der Waals surface area (Å²) in [5.41, 5.74) is 2.43. The van der Waals surface area contributed by atoms with E-state index in [-0.39, 0.29) is 35.5 Å². The quantitative estimate of drug-likeness (QED) is 0.437. The maximum atomic E-state index is 13.2. The third kappa shape index (κ3) is 2.73. The van der Waals surface area contributed by atoms with Crippen LogP contribution in [0, 0.1) is 35.5 Å². The molecule has 5 heteroatoms. The number of carbonyl (C=O) groups excluding carboxylic acids is 2. The summed E-state index contributed by atoms with van der Waals surface area (Å²) in [5, 5.41) is 5.94. The minimum Gasteiger partial charge on any atom is -0.377 e. The van der Waals surface area contributed by atoms with Gasteiger partial charge in [-0.2, -0.15) is 0 Å². The van der Waals surface area contributed by atoms with E-state index in [1.165, 1.54) is 26.9 Å². The van der Waals surface area contributed by atoms with Crippen molar-refractivity contribution >= 4 is 28.3 Å². The fourth-order valence-corrected chi connectivity index (χ4v) is 6.49. The molecule has 0 aromatic heterocycles. The second kappa shape index (κ2) is 7.31. The maximum Gasteiger partial charge on any atom is 0.233 e. The van der Waals surface area contributed by atoms with Crippen molar-refractivity contribution in [2.45, 2.75) is 6.54 Å². The Morgan fingerprint density at radius 1 is 0.812 bits per heavy atom. The van der Waals surface area contributed by atoms with E-state index in [9.17, 15) is 9.59 Å². The molecule has 4 aliphatic carbocycles. The predicted octanol–water partition coefficient (Wildman–Crippen LogP) is 3.21. The molecule has 0 spiro atoms. The Balaban J connectivity index is 1.13. The van der Waals surface area contributed by atoms with E-state index < -0.39 is 0 Å². The zero-order valence-corrected chi connectivity index (χ0v) is 18.6. The molecule has 2 aromatic carbocycles. The van der Waals surface area contributed by atoms with Crippen LogP contribution in [0.2, 0.25) is 0 Å². The van der Waals surface area contributed by atoms with Crippen molar-refractivity contribution in [3.63, 3.8) is 0 Å². The first-order valence-corrected chi connectivity index (χ1v) is 11.7. The normalized spacial score (nSPS) is 31.8. The summed E-state index contributed by atoms with van der Waals surface area (Å²) in [6.07, 6.45) is 8.86. The van der Waals surface area contributed by atoms with Crippen molar-refractivity contribution < 1.29 is 9.59 Å². The molecule has 6 atom stereocenters. The van der Waals surface area contributed by atoms with Crippen LogP contribution in [0.5, 0.6) is 0 Å². The summed E-state index contributed by atoms with van der Waals surface area (Å²) in [4.78, 5) is 30.0. The summed E-state index contributed by atoms with van der Waals surface area (Å²) in [6.45, 7) is 1.76. The van der Waals surface area contributed by atoms with Gasteiger partial charge in [0.1, 0.15) is 0 Å². The van der Waals surface area contributed by atoms with Gasteiger partial charge < -0.3 is 10.2 Å². The number of fused-ring (bicyclic) bond motifs is 1. The molecule has 6 unspecified atom stereocenters. The summed E-state index contributed by atoms with van der Waals surface area (Å²) >= 11 is 0. The van der Waals surface area contributed by atoms with Crippen molar-refractivity contribution in [3.8, 4) is 0 Å². The van der Waals surface area contributed by atoms with Crippen molar-refractivity contribution in [1.29, 1.82) is 0 Å². The number of nitrogens with one attached hydrogen (secondary N) is 1. The van der Waals surface area contributed by atoms with Gasteiger partial charge in [0.05, 0.1) is 11.8 Å². The number of benzene rings is 2. The topological polar surface area (TPSA) is 52.6 Å². The molecular formula is C27H29N3O2. The lowest BCUT2D eigenvalue weighted by molar-refractivity contribution is -0.140. The Kier molecular flexibility index (Phi) is 4.51. The fraction of sp³-hybridized carbons (Fsp3) is 0.407. The molecule has 164 valence electrons. The Bertz CT molecular complexity index is 1130. The second-order valence-corrected chi connectivity index (χ2v) is 9.82. The van der Waals surface area contributed by atoms with Gasteiger partial charge in [0, 0.05) is 44.8 Å². The van der Waals surface area contributed by atoms with E-state index in [0.717, 1.165) is 0 Å². The van der Waals surface area contributed by atoms with Gasteiger partial charge in [0.15, 0.2) is 0 Å². The number of amides is 2. The molecule has 2 aromatic rings. The summed E-state index contributed by atoms with van der Waals surface area (Å²) in [6, 6.07) is 12.8. The molecule has 1 heterocycles. The van der Waals surface area contributed by atoms with Gasteiger partial charge in [-0.3, -0.25) is 14.5 Å². The Morgan fingerprint density at radius 2 is 1.41 bits per heavy atom. The first-order chi connectivity index (χ1) is 15.6. The van der Waals surface area contributed by atoms with E-state index in [0.29, 0.717) is 31.5 Å². The minimum absolute atomic E-state index is 0.0423. The molecule has 2 fully saturated rings. The highest BCUT2D eigenvalue weighted by Gasteiger charge is 2.62. The van der Waals surface area contributed by atoms with E-state index >= 15 is 0 Å². The largest absolute Gasteiger partial charge is 0.377 e. The SMILES string of the molecule is CN(C)c1cccc2c(CNCCN3C(=O)C4C5C=CC(C6C=CC65)C4C3=O)cccc12. The summed E-state index contributed by atoms with van der Waals surface area (Å²) < 4.78 is 0. The number of nitrogens with zero attached hydrogens (tertiary/aromatic N) is 2. The van der Waals surface area contributed by atoms with Crippen LogP contribution in [0.3, 0.4) is 0 Å². The molecule has 5 nitrogen and oxygen atoms in total. The Labute approximate surface area is 188 Å². The van der Waals surface area contributed by atoms with Crippen LogP contribution in [0.15, 0.2) is 60.7 Å². The lowest BCUT2D eigenvalue weighted by atomic mass is 9.50. The van der Waals surface area contributed by atoms with Crippen molar-refractivity contribution in [2.75, 3.05) is 32.1 Å². The molecule has 1 saturated heterocycles. The van der Waals surface area contributed by atoms with Crippen LogP contribution in [0.1, 0.15) is 5.56 Å². The van der Waals surface area contributed by atoms with Crippen molar-refractivity contribution in [2.24, 2.45) is 35.5 Å². The van der Waals surface area contributed by atoms with Gasteiger partial charge in [-0.1, -0.05) is 54.6 Å². The smallest absolute Gasteiger partial charge is 0.233 e. The van der Waals surface area contributed by atoms with E-state index in [4.69, 9.17) is 0 Å². The van der Waals surface area contributed by atoms with Crippen LogP contribution in [0.25, 0.3) is 10.8 Å². The molecule has 7 rings (SSSR count). The predicted molar refractivity (Wildman–Crippen MR) is 126 cm³/mol. The molecule has 1 saturated carbocycles. The molecule has 1 aliphatic heterocycles. The van der Waals surface area contributed by atoms with E-state index in [1.54, 1.807) is 0 Å². The monoisotopic (exact) mass is 427 g/mol. The number of hydrogen-bond donors (Lipinski definition) is 1. The average Bonchev–Trinajstić information content (AvgIpc) is 3.02. The van der Waals surface area contributed by atoms with Gasteiger partial charge in [0.25, 0.3) is 0 Å². The van der Waals surface area contributed by atoms with Gasteiger partial charge in [-0.25, -0.2) is 0 Å². The van der Waals surface area contributed by atoms with Crippen LogP contribution in [-0.4, -0.2) is 43.9 Å². The maximum absolute atomic E-state index is 13.2. The van der Waals surface area contributed by atoms with Crippen molar-refractivity contribution in [3.05, 3.63) is 66.3 Å². The first-order valence-electron chi connectivity index (χ1n) is 11.7. The highest BCUT2D eigenvalue weighted by molar-refractivity contribution is 6.06. The summed E-state index contributed by atoms with van der Waals surface area (Å²) in [7, 11) is 4.12. The number of carbonyl (C=O) groups is 2. The van der Waals surface area contributed by atoms with Crippen molar-refractivity contribution in [1.82, 2.24) is 10.2 Å². The lowest BCUT2D eigenvalue weighted by Crippen LogP contribution is -2.50. The molecular weight excluding hydrogens is 398 g/mol. The Hall–Kier alpha value is -2.92. The number of likely N-dealkylation sites (tertiary alicyclic amines) is 1. The van der Waals surface area contributed by atoms with Gasteiger partial charge >= 0.3 is 0 Å². The average molecular weight is 428 g/mol. The highest BCUT2D eigenvalue weighted by atomic mass is 16.2. The van der Waals surface area contributed by atoms with Crippen LogP contribution < -0.4 is 10.2 Å². The molecule has 2 amide bonds. The number of allylic oxidation sites excluding steroid dienone is 4. The molecule has 5 aliphatic rings. The molecule has 32 heavy (non-hydrogen) atoms. The third-order valence-electron chi connectivity index (χ3n) is 8.06. The number of rotatable bonds is 6. The van der Waals surface area contributed by atoms with E-state index in [1.807, 2.05) is 0 Å². The van der Waals surface area contributed by atoms with Crippen LogP contribution in [0.4, 0.5) is 5.69 Å². The van der Waals surface area contributed by atoms with Crippen LogP contribution >= 0.6 is 0 Å². The van der Waals surface area contributed by atoms with Gasteiger partial charge in [0.2, 0.25) is 11.8 Å². The van der Waals surface area contributed by atoms with E-state index in [2.05, 4.69) is 85.0 Å². The molecule has 0 radical (unpaired) electrons. The minimum atomic E-state index is -0.147. The third-order valence-corrected chi connectivity index (χ3v) is 8.06. The number of anilines is 1. The second-order valence-electron chi connectivity index (χ2n) is 9.82. The number of hydrogen-bond acceptors (Lipinski definition) is 4. The zero-order valence-electron chi connectivity index (χ0n) is 18.6. The fourth-order valence-electron chi connectivity index (χ4n) is 6.49. The zero-order chi connectivity index (χ0) is 22.0.